The maximum absolute atomic E-state index is 12.2. The van der Waals surface area contributed by atoms with Crippen LogP contribution in [-0.2, 0) is 4.74 Å². The van der Waals surface area contributed by atoms with Gasteiger partial charge in [-0.2, -0.15) is 0 Å². The summed E-state index contributed by atoms with van der Waals surface area (Å²) in [6, 6.07) is 3.48. The summed E-state index contributed by atoms with van der Waals surface area (Å²) in [7, 11) is 0. The third-order valence-electron chi connectivity index (χ3n) is 3.87. The van der Waals surface area contributed by atoms with Crippen molar-refractivity contribution in [3.8, 4) is 0 Å². The van der Waals surface area contributed by atoms with Gasteiger partial charge in [-0.1, -0.05) is 15.9 Å². The van der Waals surface area contributed by atoms with Gasteiger partial charge in [0.05, 0.1) is 6.10 Å². The van der Waals surface area contributed by atoms with Crippen LogP contribution >= 0.6 is 15.9 Å². The number of rotatable bonds is 3. The molecule has 2 atom stereocenters. The lowest BCUT2D eigenvalue weighted by Gasteiger charge is -2.26. The lowest BCUT2D eigenvalue weighted by Crippen LogP contribution is -2.47. The van der Waals surface area contributed by atoms with Crippen LogP contribution in [0, 0.1) is 6.92 Å². The molecular formula is C14H19BrN2O3. The van der Waals surface area contributed by atoms with Crippen LogP contribution in [0.3, 0.4) is 0 Å². The van der Waals surface area contributed by atoms with Crippen molar-refractivity contribution >= 4 is 27.5 Å². The first-order valence-corrected chi connectivity index (χ1v) is 7.30. The first-order valence-electron chi connectivity index (χ1n) is 6.51. The Bertz CT molecular complexity index is 535. The van der Waals surface area contributed by atoms with Crippen molar-refractivity contribution in [2.24, 2.45) is 0 Å². The number of nitrogens with one attached hydrogen (secondary N) is 1. The van der Waals surface area contributed by atoms with E-state index in [9.17, 15) is 9.90 Å². The molecule has 0 saturated carbocycles. The number of halogens is 1. The highest BCUT2D eigenvalue weighted by atomic mass is 79.9. The molecule has 0 aromatic heterocycles. The Labute approximate surface area is 126 Å². The van der Waals surface area contributed by atoms with Gasteiger partial charge >= 0.3 is 0 Å². The summed E-state index contributed by atoms with van der Waals surface area (Å²) in [5.74, 6) is -0.247. The van der Waals surface area contributed by atoms with Crippen LogP contribution < -0.4 is 11.1 Å². The molecule has 1 saturated heterocycles. The Morgan fingerprint density at radius 1 is 1.65 bits per heavy atom. The smallest absolute Gasteiger partial charge is 0.251 e. The standard InChI is InChI=1S/C14H19BrN2O3/c1-8-11(5-10(15)6-12(8)16)13(18)17-7-14(19)3-4-20-9(14)2/h5-6,9,19H,3-4,7,16H2,1-2H3,(H,17,18). The number of carbonyl (C=O) groups is 1. The van der Waals surface area contributed by atoms with E-state index in [1.165, 1.54) is 0 Å². The maximum atomic E-state index is 12.2. The number of hydrogen-bond donors (Lipinski definition) is 3. The second-order valence-electron chi connectivity index (χ2n) is 5.22. The third-order valence-corrected chi connectivity index (χ3v) is 4.33. The lowest BCUT2D eigenvalue weighted by atomic mass is 9.96. The molecule has 2 rings (SSSR count). The van der Waals surface area contributed by atoms with Crippen LogP contribution in [0.4, 0.5) is 5.69 Å². The van der Waals surface area contributed by atoms with Crippen LogP contribution in [0.15, 0.2) is 16.6 Å². The molecule has 1 amide bonds. The van der Waals surface area contributed by atoms with E-state index in [0.717, 1.165) is 10.0 Å². The van der Waals surface area contributed by atoms with E-state index in [1.807, 2.05) is 6.92 Å². The number of nitrogen functional groups attached to an aromatic ring is 1. The lowest BCUT2D eigenvalue weighted by molar-refractivity contribution is -0.0251. The SMILES string of the molecule is Cc1c(N)cc(Br)cc1C(=O)NCC1(O)CCOC1C. The molecule has 4 N–H and O–H groups in total. The van der Waals surface area contributed by atoms with Crippen LogP contribution in [-0.4, -0.2) is 35.9 Å². The van der Waals surface area contributed by atoms with Gasteiger partial charge in [-0.05, 0) is 31.5 Å². The molecule has 1 aliphatic heterocycles. The largest absolute Gasteiger partial charge is 0.398 e. The Balaban J connectivity index is 2.09. The van der Waals surface area contributed by atoms with Crippen molar-refractivity contribution in [2.75, 3.05) is 18.9 Å². The fourth-order valence-electron chi connectivity index (χ4n) is 2.27. The number of hydrogen-bond acceptors (Lipinski definition) is 4. The van der Waals surface area contributed by atoms with Crippen molar-refractivity contribution in [3.05, 3.63) is 27.7 Å². The minimum absolute atomic E-state index is 0.166. The molecule has 0 radical (unpaired) electrons. The summed E-state index contributed by atoms with van der Waals surface area (Å²) in [4.78, 5) is 12.2. The monoisotopic (exact) mass is 342 g/mol. The predicted octanol–water partition coefficient (Wildman–Crippen LogP) is 1.61. The quantitative estimate of drug-likeness (QED) is 0.728. The van der Waals surface area contributed by atoms with Crippen molar-refractivity contribution in [3.63, 3.8) is 0 Å². The summed E-state index contributed by atoms with van der Waals surface area (Å²) >= 11 is 3.32. The molecule has 1 fully saturated rings. The first-order chi connectivity index (χ1) is 9.33. The highest BCUT2D eigenvalue weighted by Gasteiger charge is 2.39. The highest BCUT2D eigenvalue weighted by molar-refractivity contribution is 9.10. The van der Waals surface area contributed by atoms with Gasteiger partial charge < -0.3 is 20.9 Å². The van der Waals surface area contributed by atoms with Gasteiger partial charge in [0.25, 0.3) is 5.91 Å². The van der Waals surface area contributed by atoms with E-state index >= 15 is 0 Å². The molecule has 1 aliphatic rings. The Hall–Kier alpha value is -1.11. The maximum Gasteiger partial charge on any atom is 0.251 e. The van der Waals surface area contributed by atoms with Gasteiger partial charge in [-0.25, -0.2) is 0 Å². The molecule has 1 aromatic carbocycles. The fraction of sp³-hybridized carbons (Fsp3) is 0.500. The van der Waals surface area contributed by atoms with Gasteiger partial charge in [-0.3, -0.25) is 4.79 Å². The zero-order chi connectivity index (χ0) is 14.9. The predicted molar refractivity (Wildman–Crippen MR) is 80.6 cm³/mol. The first kappa shape index (κ1) is 15.3. The minimum atomic E-state index is -0.999. The molecule has 0 aliphatic carbocycles. The van der Waals surface area contributed by atoms with Gasteiger partial charge in [-0.15, -0.1) is 0 Å². The molecule has 20 heavy (non-hydrogen) atoms. The average molecular weight is 343 g/mol. The van der Waals surface area contributed by atoms with Crippen molar-refractivity contribution in [1.29, 1.82) is 0 Å². The van der Waals surface area contributed by atoms with Crippen molar-refractivity contribution < 1.29 is 14.6 Å². The van der Waals surface area contributed by atoms with E-state index in [2.05, 4.69) is 21.2 Å². The zero-order valence-corrected chi connectivity index (χ0v) is 13.2. The molecule has 1 heterocycles. The molecule has 2 unspecified atom stereocenters. The number of benzene rings is 1. The topological polar surface area (TPSA) is 84.6 Å². The fourth-order valence-corrected chi connectivity index (χ4v) is 2.74. The molecule has 0 bridgehead atoms. The van der Waals surface area contributed by atoms with E-state index in [0.29, 0.717) is 24.3 Å². The molecule has 5 nitrogen and oxygen atoms in total. The summed E-state index contributed by atoms with van der Waals surface area (Å²) < 4.78 is 6.09. The molecular weight excluding hydrogens is 324 g/mol. The summed E-state index contributed by atoms with van der Waals surface area (Å²) in [5.41, 5.74) is 6.64. The van der Waals surface area contributed by atoms with E-state index in [-0.39, 0.29) is 18.6 Å². The number of nitrogens with two attached hydrogens (primary N) is 1. The zero-order valence-electron chi connectivity index (χ0n) is 11.6. The molecule has 0 spiro atoms. The van der Waals surface area contributed by atoms with E-state index < -0.39 is 5.60 Å². The van der Waals surface area contributed by atoms with Crippen LogP contribution in [0.2, 0.25) is 0 Å². The number of anilines is 1. The van der Waals surface area contributed by atoms with Crippen molar-refractivity contribution in [2.45, 2.75) is 32.0 Å². The van der Waals surface area contributed by atoms with Gasteiger partial charge in [0.1, 0.15) is 5.60 Å². The Morgan fingerprint density at radius 3 is 2.95 bits per heavy atom. The molecule has 110 valence electrons. The van der Waals surface area contributed by atoms with E-state index in [1.54, 1.807) is 19.1 Å². The second kappa shape index (κ2) is 5.71. The highest BCUT2D eigenvalue weighted by Crippen LogP contribution is 2.26. The third kappa shape index (κ3) is 2.97. The van der Waals surface area contributed by atoms with Gasteiger partial charge in [0.15, 0.2) is 0 Å². The van der Waals surface area contributed by atoms with Gasteiger partial charge in [0.2, 0.25) is 0 Å². The minimum Gasteiger partial charge on any atom is -0.398 e. The number of carbonyl (C=O) groups excluding carboxylic acids is 1. The van der Waals surface area contributed by atoms with Crippen LogP contribution in [0.5, 0.6) is 0 Å². The van der Waals surface area contributed by atoms with E-state index in [4.69, 9.17) is 10.5 Å². The molecule has 1 aromatic rings. The average Bonchev–Trinajstić information content (AvgIpc) is 2.72. The number of amides is 1. The normalized spacial score (nSPS) is 25.7. The summed E-state index contributed by atoms with van der Waals surface area (Å²) in [5, 5.41) is 13.1. The summed E-state index contributed by atoms with van der Waals surface area (Å²) in [6.07, 6.45) is 0.241. The molecule has 6 heteroatoms. The van der Waals surface area contributed by atoms with Crippen LogP contribution in [0.1, 0.15) is 29.3 Å². The van der Waals surface area contributed by atoms with Crippen LogP contribution in [0.25, 0.3) is 0 Å². The van der Waals surface area contributed by atoms with Gasteiger partial charge in [0, 0.05) is 35.3 Å². The Morgan fingerprint density at radius 2 is 2.35 bits per heavy atom. The number of aliphatic hydroxyl groups is 1. The van der Waals surface area contributed by atoms with Crippen molar-refractivity contribution in [1.82, 2.24) is 5.32 Å². The Kier molecular flexibility index (Phi) is 4.36. The second-order valence-corrected chi connectivity index (χ2v) is 6.13. The summed E-state index contributed by atoms with van der Waals surface area (Å²) in [6.45, 7) is 4.28. The number of ether oxygens (including phenoxy) is 1.